The van der Waals surface area contributed by atoms with Crippen molar-refractivity contribution in [2.24, 2.45) is 0 Å². The maximum Gasteiger partial charge on any atom is 0.220 e. The molecule has 29 heavy (non-hydrogen) atoms. The van der Waals surface area contributed by atoms with Gasteiger partial charge in [0.05, 0.1) is 17.9 Å². The summed E-state index contributed by atoms with van der Waals surface area (Å²) in [6.45, 7) is 5.48. The lowest BCUT2D eigenvalue weighted by Gasteiger charge is -2.37. The number of hydrogen-bond acceptors (Lipinski definition) is 4. The Kier molecular flexibility index (Phi) is 6.99. The topological polar surface area (TPSA) is 58.6 Å². The normalized spacial score (nSPS) is 19.1. The van der Waals surface area contributed by atoms with E-state index in [0.29, 0.717) is 29.9 Å². The maximum absolute atomic E-state index is 14.6. The molecular weight excluding hydrogens is 371 g/mol. The van der Waals surface area contributed by atoms with E-state index in [-0.39, 0.29) is 49.1 Å². The Hall–Kier alpha value is -2.73. The Morgan fingerprint density at radius 3 is 2.41 bits per heavy atom. The van der Waals surface area contributed by atoms with Gasteiger partial charge >= 0.3 is 0 Å². The highest BCUT2D eigenvalue weighted by Gasteiger charge is 2.24. The van der Waals surface area contributed by atoms with Crippen LogP contribution in [0, 0.1) is 5.82 Å². The lowest BCUT2D eigenvalue weighted by molar-refractivity contribution is -0.121. The lowest BCUT2D eigenvalue weighted by atomic mass is 10.1. The van der Waals surface area contributed by atoms with Crippen molar-refractivity contribution in [2.45, 2.75) is 45.4 Å². The molecule has 5 nitrogen and oxygen atoms in total. The SMILES string of the molecule is CC1CN(c2ccc(CNC(=O)CCC(=O)c3ccccc3)cc2F)CC(C)O1. The summed E-state index contributed by atoms with van der Waals surface area (Å²) in [6, 6.07) is 13.9. The molecule has 2 unspecified atom stereocenters. The van der Waals surface area contributed by atoms with Gasteiger partial charge in [0, 0.05) is 38.0 Å². The van der Waals surface area contributed by atoms with E-state index >= 15 is 0 Å². The first-order chi connectivity index (χ1) is 13.9. The van der Waals surface area contributed by atoms with Gasteiger partial charge in [-0.05, 0) is 31.5 Å². The van der Waals surface area contributed by atoms with Gasteiger partial charge in [-0.25, -0.2) is 4.39 Å². The predicted octanol–water partition coefficient (Wildman–Crippen LogP) is 3.72. The molecule has 1 fully saturated rings. The Labute approximate surface area is 170 Å². The fourth-order valence-electron chi connectivity index (χ4n) is 3.58. The van der Waals surface area contributed by atoms with E-state index in [1.807, 2.05) is 30.9 Å². The summed E-state index contributed by atoms with van der Waals surface area (Å²) in [4.78, 5) is 26.1. The van der Waals surface area contributed by atoms with E-state index in [0.717, 1.165) is 0 Å². The Morgan fingerprint density at radius 1 is 1.07 bits per heavy atom. The number of carbonyl (C=O) groups excluding carboxylic acids is 2. The van der Waals surface area contributed by atoms with Gasteiger partial charge in [-0.15, -0.1) is 0 Å². The summed E-state index contributed by atoms with van der Waals surface area (Å²) in [5.74, 6) is -0.600. The van der Waals surface area contributed by atoms with Gasteiger partial charge in [-0.3, -0.25) is 9.59 Å². The smallest absolute Gasteiger partial charge is 0.220 e. The molecule has 0 bridgehead atoms. The summed E-state index contributed by atoms with van der Waals surface area (Å²) < 4.78 is 20.3. The fraction of sp³-hybridized carbons (Fsp3) is 0.391. The van der Waals surface area contributed by atoms with Crippen LogP contribution in [0.5, 0.6) is 0 Å². The average Bonchev–Trinajstić information content (AvgIpc) is 2.70. The molecule has 1 saturated heterocycles. The average molecular weight is 398 g/mol. The monoisotopic (exact) mass is 398 g/mol. The first-order valence-electron chi connectivity index (χ1n) is 9.96. The van der Waals surface area contributed by atoms with Crippen molar-refractivity contribution in [1.29, 1.82) is 0 Å². The highest BCUT2D eigenvalue weighted by Crippen LogP contribution is 2.24. The van der Waals surface area contributed by atoms with Crippen molar-refractivity contribution in [3.05, 3.63) is 65.5 Å². The van der Waals surface area contributed by atoms with Gasteiger partial charge < -0.3 is 15.0 Å². The van der Waals surface area contributed by atoms with Crippen molar-refractivity contribution in [3.8, 4) is 0 Å². The molecule has 0 radical (unpaired) electrons. The van der Waals surface area contributed by atoms with Crippen molar-refractivity contribution < 1.29 is 18.7 Å². The van der Waals surface area contributed by atoms with Gasteiger partial charge in [0.1, 0.15) is 5.82 Å². The number of ether oxygens (including phenoxy) is 1. The van der Waals surface area contributed by atoms with Gasteiger partial charge in [-0.1, -0.05) is 36.4 Å². The minimum absolute atomic E-state index is 0.0516. The van der Waals surface area contributed by atoms with Crippen LogP contribution in [0.4, 0.5) is 10.1 Å². The van der Waals surface area contributed by atoms with Gasteiger partial charge in [0.15, 0.2) is 5.78 Å². The number of amides is 1. The van der Waals surface area contributed by atoms with E-state index in [1.54, 1.807) is 30.3 Å². The number of benzene rings is 2. The lowest BCUT2D eigenvalue weighted by Crippen LogP contribution is -2.45. The maximum atomic E-state index is 14.6. The number of carbonyl (C=O) groups is 2. The van der Waals surface area contributed by atoms with Crippen molar-refractivity contribution >= 4 is 17.4 Å². The second kappa shape index (κ2) is 9.65. The predicted molar refractivity (Wildman–Crippen MR) is 110 cm³/mol. The zero-order chi connectivity index (χ0) is 20.8. The van der Waals surface area contributed by atoms with Crippen LogP contribution >= 0.6 is 0 Å². The third-order valence-electron chi connectivity index (χ3n) is 4.94. The molecule has 3 rings (SSSR count). The second-order valence-electron chi connectivity index (χ2n) is 7.51. The number of Topliss-reactive ketones (excluding diaryl/α,β-unsaturated/α-hetero) is 1. The van der Waals surface area contributed by atoms with E-state index in [1.165, 1.54) is 6.07 Å². The molecular formula is C23H27FN2O3. The summed E-state index contributed by atoms with van der Waals surface area (Å²) >= 11 is 0. The quantitative estimate of drug-likeness (QED) is 0.723. The molecule has 0 saturated carbocycles. The molecule has 6 heteroatoms. The molecule has 2 atom stereocenters. The zero-order valence-electron chi connectivity index (χ0n) is 16.9. The molecule has 2 aromatic rings. The third kappa shape index (κ3) is 5.87. The van der Waals surface area contributed by atoms with Crippen LogP contribution in [0.1, 0.15) is 42.6 Å². The van der Waals surface area contributed by atoms with E-state index < -0.39 is 0 Å². The fourth-order valence-corrected chi connectivity index (χ4v) is 3.58. The number of ketones is 1. The number of morpholine rings is 1. The van der Waals surface area contributed by atoms with Crippen LogP contribution in [0.2, 0.25) is 0 Å². The minimum Gasteiger partial charge on any atom is -0.372 e. The number of hydrogen-bond donors (Lipinski definition) is 1. The molecule has 1 aliphatic heterocycles. The number of nitrogens with zero attached hydrogens (tertiary/aromatic N) is 1. The molecule has 154 valence electrons. The number of anilines is 1. The van der Waals surface area contributed by atoms with Gasteiger partial charge in [-0.2, -0.15) is 0 Å². The number of halogens is 1. The summed E-state index contributed by atoms with van der Waals surface area (Å²) in [6.07, 6.45) is 0.361. The van der Waals surface area contributed by atoms with Gasteiger partial charge in [0.2, 0.25) is 5.91 Å². The molecule has 2 aromatic carbocycles. The van der Waals surface area contributed by atoms with Crippen LogP contribution in [0.15, 0.2) is 48.5 Å². The number of rotatable bonds is 7. The molecule has 1 heterocycles. The van der Waals surface area contributed by atoms with Gasteiger partial charge in [0.25, 0.3) is 0 Å². The van der Waals surface area contributed by atoms with Crippen LogP contribution in [-0.2, 0) is 16.1 Å². The molecule has 1 N–H and O–H groups in total. The van der Waals surface area contributed by atoms with Crippen molar-refractivity contribution in [2.75, 3.05) is 18.0 Å². The standard InChI is InChI=1S/C23H27FN2O3/c1-16-14-26(15-17(2)29-16)21-9-8-18(12-20(21)24)13-25-23(28)11-10-22(27)19-6-4-3-5-7-19/h3-9,12,16-17H,10-11,13-15H2,1-2H3,(H,25,28). The van der Waals surface area contributed by atoms with E-state index in [2.05, 4.69) is 5.32 Å². The van der Waals surface area contributed by atoms with Crippen molar-refractivity contribution in [3.63, 3.8) is 0 Å². The van der Waals surface area contributed by atoms with Crippen molar-refractivity contribution in [1.82, 2.24) is 5.32 Å². The third-order valence-corrected chi connectivity index (χ3v) is 4.94. The molecule has 1 amide bonds. The van der Waals surface area contributed by atoms with Crippen LogP contribution < -0.4 is 10.2 Å². The van der Waals surface area contributed by atoms with Crippen LogP contribution in [-0.4, -0.2) is 37.0 Å². The molecule has 0 aliphatic carbocycles. The summed E-state index contributed by atoms with van der Waals surface area (Å²) in [5.41, 5.74) is 1.84. The molecule has 0 spiro atoms. The first-order valence-corrected chi connectivity index (χ1v) is 9.96. The Balaban J connectivity index is 1.50. The zero-order valence-corrected chi connectivity index (χ0v) is 16.9. The number of nitrogens with one attached hydrogen (secondary N) is 1. The minimum atomic E-state index is -0.308. The Bertz CT molecular complexity index is 846. The van der Waals surface area contributed by atoms with Crippen LogP contribution in [0.25, 0.3) is 0 Å². The highest BCUT2D eigenvalue weighted by atomic mass is 19.1. The molecule has 1 aliphatic rings. The largest absolute Gasteiger partial charge is 0.372 e. The highest BCUT2D eigenvalue weighted by molar-refractivity contribution is 5.97. The van der Waals surface area contributed by atoms with Crippen LogP contribution in [0.3, 0.4) is 0 Å². The molecule has 0 aromatic heterocycles. The summed E-state index contributed by atoms with van der Waals surface area (Å²) in [7, 11) is 0. The van der Waals surface area contributed by atoms with E-state index in [9.17, 15) is 14.0 Å². The summed E-state index contributed by atoms with van der Waals surface area (Å²) in [5, 5.41) is 2.75. The first kappa shape index (κ1) is 21.0. The van der Waals surface area contributed by atoms with E-state index in [4.69, 9.17) is 4.74 Å². The Morgan fingerprint density at radius 2 is 1.76 bits per heavy atom. The second-order valence-corrected chi connectivity index (χ2v) is 7.51.